The van der Waals surface area contributed by atoms with E-state index < -0.39 is 31.1 Å². The maximum atomic E-state index is 10.4. The molecule has 2 aromatic heterocycles. The second-order valence-corrected chi connectivity index (χ2v) is 5.83. The Bertz CT molecular complexity index is 900. The number of anilines is 1. The standard InChI is InChI=1S/C16H17N5O4/c17-13-10-15(19-7-18-13)21(14(20-10)8-4-2-1-3-5-8)16-12(24)11(23)9(6-22)25-16/h1-5,7,9,11-12,16,22-24H,6H2,(H2,17,18,19)/t9-,11+,12-,16-/m1/s1. The van der Waals surface area contributed by atoms with E-state index in [2.05, 4.69) is 15.0 Å². The van der Waals surface area contributed by atoms with E-state index in [9.17, 15) is 15.3 Å². The number of nitrogens with zero attached hydrogens (tertiary/aromatic N) is 4. The van der Waals surface area contributed by atoms with E-state index in [1.807, 2.05) is 30.3 Å². The number of fused-ring (bicyclic) bond motifs is 1. The number of aliphatic hydroxyl groups excluding tert-OH is 3. The molecule has 0 bridgehead atoms. The van der Waals surface area contributed by atoms with Gasteiger partial charge in [-0.2, -0.15) is 0 Å². The average Bonchev–Trinajstić information content (AvgIpc) is 3.15. The molecule has 5 N–H and O–H groups in total. The average molecular weight is 343 g/mol. The molecule has 0 spiro atoms. The maximum absolute atomic E-state index is 10.4. The molecule has 9 nitrogen and oxygen atoms in total. The molecule has 0 unspecified atom stereocenters. The normalized spacial score (nSPS) is 26.4. The van der Waals surface area contributed by atoms with Crippen LogP contribution in [0.4, 0.5) is 5.82 Å². The summed E-state index contributed by atoms with van der Waals surface area (Å²) in [5.41, 5.74) is 7.42. The molecule has 1 fully saturated rings. The number of benzene rings is 1. The van der Waals surface area contributed by atoms with Crippen molar-refractivity contribution in [2.45, 2.75) is 24.5 Å². The van der Waals surface area contributed by atoms with Crippen LogP contribution in [0.25, 0.3) is 22.6 Å². The predicted molar refractivity (Wildman–Crippen MR) is 88.2 cm³/mol. The van der Waals surface area contributed by atoms with Crippen LogP contribution in [0.1, 0.15) is 6.23 Å². The summed E-state index contributed by atoms with van der Waals surface area (Å²) in [5.74, 6) is 0.672. The van der Waals surface area contributed by atoms with Gasteiger partial charge in [-0.15, -0.1) is 0 Å². The summed E-state index contributed by atoms with van der Waals surface area (Å²) in [5, 5.41) is 29.9. The van der Waals surface area contributed by atoms with Gasteiger partial charge in [0, 0.05) is 5.56 Å². The summed E-state index contributed by atoms with van der Waals surface area (Å²) >= 11 is 0. The fraction of sp³-hybridized carbons (Fsp3) is 0.312. The van der Waals surface area contributed by atoms with Crippen LogP contribution >= 0.6 is 0 Å². The monoisotopic (exact) mass is 343 g/mol. The summed E-state index contributed by atoms with van der Waals surface area (Å²) in [6.45, 7) is -0.418. The minimum Gasteiger partial charge on any atom is -0.394 e. The quantitative estimate of drug-likeness (QED) is 0.508. The molecule has 3 heterocycles. The number of hydrogen-bond donors (Lipinski definition) is 4. The third-order valence-electron chi connectivity index (χ3n) is 4.31. The fourth-order valence-corrected chi connectivity index (χ4v) is 3.05. The molecule has 0 radical (unpaired) electrons. The molecule has 25 heavy (non-hydrogen) atoms. The molecule has 1 saturated heterocycles. The highest BCUT2D eigenvalue weighted by Crippen LogP contribution is 2.36. The number of ether oxygens (including phenoxy) is 1. The van der Waals surface area contributed by atoms with Crippen molar-refractivity contribution < 1.29 is 20.1 Å². The Kier molecular flexibility index (Phi) is 3.85. The summed E-state index contributed by atoms with van der Waals surface area (Å²) < 4.78 is 7.24. The molecule has 4 atom stereocenters. The van der Waals surface area contributed by atoms with E-state index in [0.717, 1.165) is 5.56 Å². The summed E-state index contributed by atoms with van der Waals surface area (Å²) in [4.78, 5) is 12.7. The van der Waals surface area contributed by atoms with E-state index in [1.54, 1.807) is 4.57 Å². The highest BCUT2D eigenvalue weighted by Gasteiger charge is 2.45. The zero-order chi connectivity index (χ0) is 17.6. The van der Waals surface area contributed by atoms with Crippen LogP contribution in [-0.2, 0) is 4.74 Å². The minimum atomic E-state index is -1.26. The lowest BCUT2D eigenvalue weighted by molar-refractivity contribution is -0.0503. The van der Waals surface area contributed by atoms with Gasteiger partial charge < -0.3 is 25.8 Å². The molecule has 4 rings (SSSR count). The van der Waals surface area contributed by atoms with Gasteiger partial charge in [0.2, 0.25) is 0 Å². The van der Waals surface area contributed by atoms with Gasteiger partial charge in [0.05, 0.1) is 6.61 Å². The first-order valence-electron chi connectivity index (χ1n) is 7.78. The number of imidazole rings is 1. The van der Waals surface area contributed by atoms with Gasteiger partial charge in [-0.05, 0) is 0 Å². The topological polar surface area (TPSA) is 140 Å². The second kappa shape index (κ2) is 6.05. The Hall–Kier alpha value is -2.59. The van der Waals surface area contributed by atoms with Gasteiger partial charge >= 0.3 is 0 Å². The zero-order valence-electron chi connectivity index (χ0n) is 13.1. The van der Waals surface area contributed by atoms with Crippen LogP contribution in [0.15, 0.2) is 36.7 Å². The van der Waals surface area contributed by atoms with Crippen molar-refractivity contribution in [2.24, 2.45) is 0 Å². The van der Waals surface area contributed by atoms with Crippen LogP contribution in [0.5, 0.6) is 0 Å². The van der Waals surface area contributed by atoms with Crippen molar-refractivity contribution >= 4 is 17.0 Å². The first-order chi connectivity index (χ1) is 12.1. The molecule has 1 aromatic carbocycles. The van der Waals surface area contributed by atoms with Crippen LogP contribution in [-0.4, -0.2) is 59.8 Å². The molecule has 0 saturated carbocycles. The lowest BCUT2D eigenvalue weighted by atomic mass is 10.1. The summed E-state index contributed by atoms with van der Waals surface area (Å²) in [7, 11) is 0. The van der Waals surface area contributed by atoms with Crippen LogP contribution in [0.2, 0.25) is 0 Å². The lowest BCUT2D eigenvalue weighted by Gasteiger charge is -2.19. The maximum Gasteiger partial charge on any atom is 0.168 e. The van der Waals surface area contributed by atoms with E-state index in [1.165, 1.54) is 6.33 Å². The van der Waals surface area contributed by atoms with Crippen molar-refractivity contribution in [3.8, 4) is 11.4 Å². The van der Waals surface area contributed by atoms with Gasteiger partial charge in [0.15, 0.2) is 23.2 Å². The van der Waals surface area contributed by atoms with Crippen molar-refractivity contribution in [3.05, 3.63) is 36.7 Å². The molecule has 9 heteroatoms. The van der Waals surface area contributed by atoms with Crippen molar-refractivity contribution in [1.82, 2.24) is 19.5 Å². The van der Waals surface area contributed by atoms with E-state index in [-0.39, 0.29) is 5.82 Å². The Morgan fingerprint density at radius 3 is 2.56 bits per heavy atom. The first-order valence-corrected chi connectivity index (χ1v) is 7.78. The fourth-order valence-electron chi connectivity index (χ4n) is 3.05. The number of aliphatic hydroxyl groups is 3. The van der Waals surface area contributed by atoms with Gasteiger partial charge in [-0.3, -0.25) is 4.57 Å². The third kappa shape index (κ3) is 2.45. The van der Waals surface area contributed by atoms with Gasteiger partial charge in [-0.25, -0.2) is 15.0 Å². The van der Waals surface area contributed by atoms with Crippen molar-refractivity contribution in [3.63, 3.8) is 0 Å². The molecule has 3 aromatic rings. The Morgan fingerprint density at radius 2 is 1.88 bits per heavy atom. The Morgan fingerprint density at radius 1 is 1.12 bits per heavy atom. The second-order valence-electron chi connectivity index (χ2n) is 5.83. The van der Waals surface area contributed by atoms with Gasteiger partial charge in [0.25, 0.3) is 0 Å². The molecular weight excluding hydrogens is 326 g/mol. The van der Waals surface area contributed by atoms with Crippen molar-refractivity contribution in [1.29, 1.82) is 0 Å². The molecule has 1 aliphatic heterocycles. The zero-order valence-corrected chi connectivity index (χ0v) is 13.1. The summed E-state index contributed by atoms with van der Waals surface area (Å²) in [6.07, 6.45) is -3.06. The molecule has 0 aliphatic carbocycles. The van der Waals surface area contributed by atoms with Crippen LogP contribution in [0.3, 0.4) is 0 Å². The molecule has 0 amide bonds. The number of aromatic nitrogens is 4. The SMILES string of the molecule is Nc1ncnc2c1nc(-c1ccccc1)n2[C@@H]1O[C@H](CO)[C@H](O)[C@H]1O. The smallest absolute Gasteiger partial charge is 0.168 e. The highest BCUT2D eigenvalue weighted by molar-refractivity contribution is 5.85. The lowest BCUT2D eigenvalue weighted by Crippen LogP contribution is -2.33. The van der Waals surface area contributed by atoms with Crippen molar-refractivity contribution in [2.75, 3.05) is 12.3 Å². The summed E-state index contributed by atoms with van der Waals surface area (Å²) in [6, 6.07) is 9.28. The highest BCUT2D eigenvalue weighted by atomic mass is 16.6. The number of rotatable bonds is 3. The number of nitrogens with two attached hydrogens (primary N) is 1. The largest absolute Gasteiger partial charge is 0.394 e. The third-order valence-corrected chi connectivity index (χ3v) is 4.31. The number of nitrogen functional groups attached to an aromatic ring is 1. The Balaban J connectivity index is 1.94. The van der Waals surface area contributed by atoms with Gasteiger partial charge in [0.1, 0.15) is 30.5 Å². The minimum absolute atomic E-state index is 0.202. The predicted octanol–water partition coefficient (Wildman–Crippen LogP) is -0.313. The van der Waals surface area contributed by atoms with E-state index >= 15 is 0 Å². The van der Waals surface area contributed by atoms with E-state index in [0.29, 0.717) is 17.0 Å². The number of hydrogen-bond acceptors (Lipinski definition) is 8. The molecular formula is C16H17N5O4. The molecule has 130 valence electrons. The van der Waals surface area contributed by atoms with Crippen LogP contribution in [0, 0.1) is 0 Å². The Labute approximate surface area is 142 Å². The molecule has 1 aliphatic rings. The first kappa shape index (κ1) is 15.9. The van der Waals surface area contributed by atoms with Gasteiger partial charge in [-0.1, -0.05) is 30.3 Å². The van der Waals surface area contributed by atoms with Crippen LogP contribution < -0.4 is 5.73 Å². The van der Waals surface area contributed by atoms with E-state index in [4.69, 9.17) is 10.5 Å².